The molecule has 2 heterocycles. The third-order valence-corrected chi connectivity index (χ3v) is 3.70. The SMILES string of the molecule is Cc1csc(N2CCN(C(=O)CN)CC2)n1.Cl.Cl. The molecule has 1 aromatic heterocycles. The molecule has 104 valence electrons. The van der Waals surface area contributed by atoms with Gasteiger partial charge in [-0.05, 0) is 6.92 Å². The Morgan fingerprint density at radius 3 is 2.44 bits per heavy atom. The van der Waals surface area contributed by atoms with Gasteiger partial charge in [-0.1, -0.05) is 0 Å². The molecule has 1 aliphatic heterocycles. The average Bonchev–Trinajstić information content (AvgIpc) is 2.75. The molecule has 0 unspecified atom stereocenters. The van der Waals surface area contributed by atoms with Gasteiger partial charge in [0.25, 0.3) is 0 Å². The highest BCUT2D eigenvalue weighted by atomic mass is 35.5. The molecule has 0 radical (unpaired) electrons. The summed E-state index contributed by atoms with van der Waals surface area (Å²) in [5, 5.41) is 3.10. The monoisotopic (exact) mass is 312 g/mol. The minimum Gasteiger partial charge on any atom is -0.345 e. The van der Waals surface area contributed by atoms with Gasteiger partial charge >= 0.3 is 0 Å². The zero-order valence-corrected chi connectivity index (χ0v) is 12.6. The predicted octanol–water partition coefficient (Wildman–Crippen LogP) is 0.902. The maximum atomic E-state index is 11.4. The number of amides is 1. The number of hydrogen-bond acceptors (Lipinski definition) is 5. The first-order chi connectivity index (χ1) is 7.70. The Balaban J connectivity index is 0.00000144. The molecule has 8 heteroatoms. The Morgan fingerprint density at radius 2 is 2.00 bits per heavy atom. The Morgan fingerprint density at radius 1 is 1.39 bits per heavy atom. The number of nitrogens with two attached hydrogens (primary N) is 1. The number of carbonyl (C=O) groups is 1. The van der Waals surface area contributed by atoms with Crippen molar-refractivity contribution >= 4 is 47.2 Å². The average molecular weight is 313 g/mol. The first-order valence-electron chi connectivity index (χ1n) is 5.35. The van der Waals surface area contributed by atoms with Gasteiger partial charge in [0.05, 0.1) is 12.2 Å². The number of nitrogens with zero attached hydrogens (tertiary/aromatic N) is 3. The smallest absolute Gasteiger partial charge is 0.236 e. The van der Waals surface area contributed by atoms with E-state index in [1.165, 1.54) is 0 Å². The maximum Gasteiger partial charge on any atom is 0.236 e. The second kappa shape index (κ2) is 7.78. The fraction of sp³-hybridized carbons (Fsp3) is 0.600. The lowest BCUT2D eigenvalue weighted by molar-refractivity contribution is -0.129. The van der Waals surface area contributed by atoms with Crippen molar-refractivity contribution in [1.82, 2.24) is 9.88 Å². The molecule has 2 N–H and O–H groups in total. The zero-order chi connectivity index (χ0) is 11.5. The summed E-state index contributed by atoms with van der Waals surface area (Å²) >= 11 is 1.66. The zero-order valence-electron chi connectivity index (χ0n) is 10.2. The summed E-state index contributed by atoms with van der Waals surface area (Å²) in [6, 6.07) is 0. The van der Waals surface area contributed by atoms with Crippen LogP contribution in [0.1, 0.15) is 5.69 Å². The second-order valence-corrected chi connectivity index (χ2v) is 4.68. The lowest BCUT2D eigenvalue weighted by atomic mass is 10.3. The molecule has 0 spiro atoms. The highest BCUT2D eigenvalue weighted by molar-refractivity contribution is 7.13. The minimum atomic E-state index is 0. The van der Waals surface area contributed by atoms with Gasteiger partial charge in [0, 0.05) is 31.6 Å². The van der Waals surface area contributed by atoms with Crippen molar-refractivity contribution in [2.24, 2.45) is 5.73 Å². The molecule has 0 aliphatic carbocycles. The topological polar surface area (TPSA) is 62.5 Å². The van der Waals surface area contributed by atoms with Gasteiger partial charge in [0.15, 0.2) is 5.13 Å². The molecule has 0 saturated carbocycles. The van der Waals surface area contributed by atoms with E-state index in [1.807, 2.05) is 17.2 Å². The largest absolute Gasteiger partial charge is 0.345 e. The number of piperazine rings is 1. The molecule has 0 bridgehead atoms. The van der Waals surface area contributed by atoms with Gasteiger partial charge in [-0.25, -0.2) is 4.98 Å². The van der Waals surface area contributed by atoms with E-state index < -0.39 is 0 Å². The second-order valence-electron chi connectivity index (χ2n) is 3.84. The summed E-state index contributed by atoms with van der Waals surface area (Å²) in [4.78, 5) is 19.9. The van der Waals surface area contributed by atoms with E-state index in [0.717, 1.165) is 37.0 Å². The lowest BCUT2D eigenvalue weighted by Gasteiger charge is -2.34. The van der Waals surface area contributed by atoms with Crippen LogP contribution in [-0.4, -0.2) is 48.5 Å². The Bertz CT molecular complexity index is 380. The van der Waals surface area contributed by atoms with Crippen LogP contribution in [0.4, 0.5) is 5.13 Å². The predicted molar refractivity (Wildman–Crippen MR) is 79.2 cm³/mol. The molecule has 0 atom stereocenters. The first-order valence-corrected chi connectivity index (χ1v) is 6.23. The maximum absolute atomic E-state index is 11.4. The molecule has 1 amide bonds. The van der Waals surface area contributed by atoms with Gasteiger partial charge in [0.1, 0.15) is 0 Å². The van der Waals surface area contributed by atoms with E-state index in [0.29, 0.717) is 0 Å². The quantitative estimate of drug-likeness (QED) is 0.881. The van der Waals surface area contributed by atoms with Crippen molar-refractivity contribution < 1.29 is 4.79 Å². The molecule has 2 rings (SSSR count). The number of thiazole rings is 1. The molecule has 1 fully saturated rings. The number of halogens is 2. The molecule has 1 saturated heterocycles. The van der Waals surface area contributed by atoms with Crippen molar-refractivity contribution in [2.75, 3.05) is 37.6 Å². The number of aryl methyl sites for hydroxylation is 1. The molecular weight excluding hydrogens is 295 g/mol. The van der Waals surface area contributed by atoms with Gasteiger partial charge in [-0.2, -0.15) is 0 Å². The summed E-state index contributed by atoms with van der Waals surface area (Å²) in [6.07, 6.45) is 0. The van der Waals surface area contributed by atoms with Crippen molar-refractivity contribution in [3.8, 4) is 0 Å². The summed E-state index contributed by atoms with van der Waals surface area (Å²) in [5.74, 6) is 0.0370. The number of carbonyl (C=O) groups excluding carboxylic acids is 1. The van der Waals surface area contributed by atoms with Crippen molar-refractivity contribution in [1.29, 1.82) is 0 Å². The standard InChI is InChI=1S/C10H16N4OS.2ClH/c1-8-7-16-10(12-8)14-4-2-13(3-5-14)9(15)6-11;;/h7H,2-6,11H2,1H3;2*1H. The molecular formula is C10H18Cl2N4OS. The molecule has 0 aromatic carbocycles. The van der Waals surface area contributed by atoms with Crippen LogP contribution in [-0.2, 0) is 4.79 Å². The van der Waals surface area contributed by atoms with Gasteiger partial charge < -0.3 is 15.5 Å². The van der Waals surface area contributed by atoms with Gasteiger partial charge in [-0.15, -0.1) is 36.2 Å². The van der Waals surface area contributed by atoms with Crippen LogP contribution in [0.3, 0.4) is 0 Å². The number of anilines is 1. The first kappa shape index (κ1) is 17.4. The van der Waals surface area contributed by atoms with Crippen LogP contribution >= 0.6 is 36.2 Å². The summed E-state index contributed by atoms with van der Waals surface area (Å²) < 4.78 is 0. The van der Waals surface area contributed by atoms with Crippen LogP contribution in [0.5, 0.6) is 0 Å². The van der Waals surface area contributed by atoms with Crippen molar-refractivity contribution in [2.45, 2.75) is 6.92 Å². The number of hydrogen-bond donors (Lipinski definition) is 1. The number of rotatable bonds is 2. The molecule has 1 aliphatic rings. The third kappa shape index (κ3) is 3.98. The Labute approximate surface area is 123 Å². The highest BCUT2D eigenvalue weighted by Gasteiger charge is 2.21. The van der Waals surface area contributed by atoms with Crippen LogP contribution in [0.25, 0.3) is 0 Å². The summed E-state index contributed by atoms with van der Waals surface area (Å²) in [5.41, 5.74) is 6.39. The Hall–Kier alpha value is -0.560. The molecule has 1 aromatic rings. The lowest BCUT2D eigenvalue weighted by Crippen LogP contribution is -2.50. The molecule has 18 heavy (non-hydrogen) atoms. The van der Waals surface area contributed by atoms with E-state index in [4.69, 9.17) is 5.73 Å². The third-order valence-electron chi connectivity index (χ3n) is 2.68. The van der Waals surface area contributed by atoms with Crippen LogP contribution in [0.2, 0.25) is 0 Å². The highest BCUT2D eigenvalue weighted by Crippen LogP contribution is 2.21. The van der Waals surface area contributed by atoms with Gasteiger partial charge in [0.2, 0.25) is 5.91 Å². The molecule has 5 nitrogen and oxygen atoms in total. The van der Waals surface area contributed by atoms with Crippen LogP contribution in [0, 0.1) is 6.92 Å². The van der Waals surface area contributed by atoms with E-state index >= 15 is 0 Å². The minimum absolute atomic E-state index is 0. The van der Waals surface area contributed by atoms with Gasteiger partial charge in [-0.3, -0.25) is 4.79 Å². The van der Waals surface area contributed by atoms with E-state index in [9.17, 15) is 4.79 Å². The van der Waals surface area contributed by atoms with E-state index in [-0.39, 0.29) is 37.3 Å². The van der Waals surface area contributed by atoms with E-state index in [2.05, 4.69) is 9.88 Å². The number of aromatic nitrogens is 1. The van der Waals surface area contributed by atoms with Crippen molar-refractivity contribution in [3.63, 3.8) is 0 Å². The fourth-order valence-corrected chi connectivity index (χ4v) is 2.62. The normalized spacial score (nSPS) is 14.8. The van der Waals surface area contributed by atoms with E-state index in [1.54, 1.807) is 11.3 Å². The summed E-state index contributed by atoms with van der Waals surface area (Å²) in [6.45, 7) is 5.28. The summed E-state index contributed by atoms with van der Waals surface area (Å²) in [7, 11) is 0. The van der Waals surface area contributed by atoms with Crippen molar-refractivity contribution in [3.05, 3.63) is 11.1 Å². The van der Waals surface area contributed by atoms with Crippen LogP contribution < -0.4 is 10.6 Å². The fourth-order valence-electron chi connectivity index (χ4n) is 1.76. The van der Waals surface area contributed by atoms with Crippen LogP contribution in [0.15, 0.2) is 5.38 Å². The Kier molecular flexibility index (Phi) is 7.54.